The van der Waals surface area contributed by atoms with Crippen LogP contribution in [0.1, 0.15) is 37.7 Å². The van der Waals surface area contributed by atoms with Gasteiger partial charge in [0.15, 0.2) is 5.58 Å². The molecule has 0 spiro atoms. The number of fused-ring (bicyclic) bond motifs is 1. The Balaban J connectivity index is 1.41. The summed E-state index contributed by atoms with van der Waals surface area (Å²) in [5.41, 5.74) is 2.55. The number of amides is 1. The average molecular weight is 535 g/mol. The summed E-state index contributed by atoms with van der Waals surface area (Å²) in [6.45, 7) is 3.80. The molecule has 2 atom stereocenters. The largest absolute Gasteiger partial charge is 0.496 e. The summed E-state index contributed by atoms with van der Waals surface area (Å²) in [4.78, 5) is 26.3. The average Bonchev–Trinajstić information content (AvgIpc) is 3.40. The zero-order chi connectivity index (χ0) is 27.5. The van der Waals surface area contributed by atoms with Crippen molar-refractivity contribution in [2.75, 3.05) is 45.3 Å². The van der Waals surface area contributed by atoms with E-state index < -0.39 is 23.8 Å². The van der Waals surface area contributed by atoms with E-state index in [0.29, 0.717) is 67.0 Å². The van der Waals surface area contributed by atoms with Gasteiger partial charge in [-0.05, 0) is 37.1 Å². The zero-order valence-electron chi connectivity index (χ0n) is 22.5. The molecule has 1 saturated heterocycles. The number of hydrogen-bond donors (Lipinski definition) is 2. The van der Waals surface area contributed by atoms with Crippen molar-refractivity contribution in [3.63, 3.8) is 0 Å². The standard InChI is InChI=1S/C29H34N4O6/c1-4-5-9-19-23(24-21(37-2)12-8-13-22(24)38-3)26(34)25(27(35)30-19)28(36)32-14-16-33(17-15-32)29-31-18-10-6-7-11-20(18)39-29/h6-8,10-13,23,26,34-35H,4-5,9,14-17H2,1-3H3. The monoisotopic (exact) mass is 534 g/mol. The minimum absolute atomic E-state index is 0.122. The van der Waals surface area contributed by atoms with Crippen LogP contribution in [0, 0.1) is 0 Å². The molecule has 0 bridgehead atoms. The van der Waals surface area contributed by atoms with E-state index in [1.54, 1.807) is 37.3 Å². The first-order valence-electron chi connectivity index (χ1n) is 13.3. The van der Waals surface area contributed by atoms with Crippen molar-refractivity contribution in [1.29, 1.82) is 0 Å². The Hall–Kier alpha value is -4.05. The van der Waals surface area contributed by atoms with E-state index in [1.165, 1.54) is 0 Å². The Morgan fingerprint density at radius 2 is 1.74 bits per heavy atom. The van der Waals surface area contributed by atoms with Crippen LogP contribution in [0.4, 0.5) is 6.01 Å². The van der Waals surface area contributed by atoms with E-state index in [4.69, 9.17) is 13.9 Å². The van der Waals surface area contributed by atoms with E-state index >= 15 is 0 Å². The second-order valence-corrected chi connectivity index (χ2v) is 9.69. The van der Waals surface area contributed by atoms with Gasteiger partial charge in [-0.1, -0.05) is 31.5 Å². The lowest BCUT2D eigenvalue weighted by Gasteiger charge is -2.37. The SMILES string of the molecule is CCCCC1=NC(O)=C(C(=O)N2CCN(c3nc4ccccc4o3)CC2)C(O)C1c1c(OC)cccc1OC. The third-order valence-corrected chi connectivity index (χ3v) is 7.37. The van der Waals surface area contributed by atoms with E-state index in [9.17, 15) is 15.0 Å². The van der Waals surface area contributed by atoms with E-state index in [2.05, 4.69) is 16.9 Å². The van der Waals surface area contributed by atoms with Gasteiger partial charge in [-0.2, -0.15) is 4.98 Å². The smallest absolute Gasteiger partial charge is 0.298 e. The predicted octanol–water partition coefficient (Wildman–Crippen LogP) is 4.05. The summed E-state index contributed by atoms with van der Waals surface area (Å²) in [7, 11) is 3.10. The van der Waals surface area contributed by atoms with Gasteiger partial charge >= 0.3 is 0 Å². The van der Waals surface area contributed by atoms with E-state index in [0.717, 1.165) is 18.4 Å². The highest BCUT2D eigenvalue weighted by Gasteiger charge is 2.42. The molecule has 0 aliphatic carbocycles. The molecule has 0 radical (unpaired) electrons. The number of ether oxygens (including phenoxy) is 2. The molecule has 2 unspecified atom stereocenters. The van der Waals surface area contributed by atoms with Crippen molar-refractivity contribution >= 4 is 28.7 Å². The van der Waals surface area contributed by atoms with Crippen LogP contribution in [0.5, 0.6) is 11.5 Å². The fourth-order valence-electron chi connectivity index (χ4n) is 5.32. The number of nitrogens with zero attached hydrogens (tertiary/aromatic N) is 4. The van der Waals surface area contributed by atoms with Gasteiger partial charge in [0.2, 0.25) is 5.88 Å². The second-order valence-electron chi connectivity index (χ2n) is 9.69. The number of aliphatic imine (C=N–C) groups is 1. The first kappa shape index (κ1) is 26.6. The lowest BCUT2D eigenvalue weighted by molar-refractivity contribution is -0.128. The molecule has 3 aromatic rings. The zero-order valence-corrected chi connectivity index (χ0v) is 22.5. The lowest BCUT2D eigenvalue weighted by Crippen LogP contribution is -2.51. The van der Waals surface area contributed by atoms with Crippen molar-refractivity contribution in [2.45, 2.75) is 38.2 Å². The molecule has 2 N–H and O–H groups in total. The third kappa shape index (κ3) is 5.04. The fraction of sp³-hybridized carbons (Fsp3) is 0.414. The van der Waals surface area contributed by atoms with Crippen LogP contribution in [-0.2, 0) is 4.79 Å². The Morgan fingerprint density at radius 3 is 2.38 bits per heavy atom. The number of piperazine rings is 1. The predicted molar refractivity (Wildman–Crippen MR) is 148 cm³/mol. The Labute approximate surface area is 227 Å². The number of anilines is 1. The lowest BCUT2D eigenvalue weighted by atomic mass is 9.80. The van der Waals surface area contributed by atoms with Crippen LogP contribution in [0.25, 0.3) is 11.1 Å². The van der Waals surface area contributed by atoms with Gasteiger partial charge in [0.25, 0.3) is 11.9 Å². The number of carbonyl (C=O) groups excluding carboxylic acids is 1. The topological polar surface area (TPSA) is 121 Å². The normalized spacial score (nSPS) is 19.8. The summed E-state index contributed by atoms with van der Waals surface area (Å²) in [6, 6.07) is 13.4. The molecule has 2 aromatic carbocycles. The van der Waals surface area contributed by atoms with Gasteiger partial charge < -0.3 is 33.9 Å². The van der Waals surface area contributed by atoms with Gasteiger partial charge in [-0.3, -0.25) is 4.79 Å². The Bertz CT molecular complexity index is 1350. The number of aliphatic hydroxyl groups excluding tert-OH is 2. The van der Waals surface area contributed by atoms with Crippen LogP contribution < -0.4 is 14.4 Å². The van der Waals surface area contributed by atoms with Gasteiger partial charge in [0.1, 0.15) is 28.7 Å². The molecular weight excluding hydrogens is 500 g/mol. The van der Waals surface area contributed by atoms with Crippen molar-refractivity contribution in [3.05, 3.63) is 59.5 Å². The van der Waals surface area contributed by atoms with Crippen LogP contribution in [0.15, 0.2) is 63.3 Å². The van der Waals surface area contributed by atoms with Crippen LogP contribution in [0.3, 0.4) is 0 Å². The van der Waals surface area contributed by atoms with Crippen molar-refractivity contribution < 1.29 is 28.9 Å². The van der Waals surface area contributed by atoms with Crippen molar-refractivity contribution in [1.82, 2.24) is 9.88 Å². The van der Waals surface area contributed by atoms with Crippen LogP contribution in [-0.4, -0.2) is 78.2 Å². The van der Waals surface area contributed by atoms with E-state index in [-0.39, 0.29) is 5.57 Å². The molecule has 1 amide bonds. The summed E-state index contributed by atoms with van der Waals surface area (Å²) in [6.07, 6.45) is 0.940. The van der Waals surface area contributed by atoms with Crippen molar-refractivity contribution in [2.24, 2.45) is 4.99 Å². The molecule has 39 heavy (non-hydrogen) atoms. The number of para-hydroxylation sites is 2. The summed E-state index contributed by atoms with van der Waals surface area (Å²) >= 11 is 0. The Kier molecular flexibility index (Phi) is 7.74. The fourth-order valence-corrected chi connectivity index (χ4v) is 5.32. The maximum Gasteiger partial charge on any atom is 0.298 e. The highest BCUT2D eigenvalue weighted by Crippen LogP contribution is 2.43. The first-order valence-corrected chi connectivity index (χ1v) is 13.3. The first-order chi connectivity index (χ1) is 19.0. The van der Waals surface area contributed by atoms with Crippen LogP contribution >= 0.6 is 0 Å². The molecule has 10 nitrogen and oxygen atoms in total. The highest BCUT2D eigenvalue weighted by atomic mass is 16.5. The molecule has 10 heteroatoms. The molecule has 1 aromatic heterocycles. The van der Waals surface area contributed by atoms with Gasteiger partial charge in [0.05, 0.1) is 20.1 Å². The molecule has 206 valence electrons. The molecular formula is C29H34N4O6. The van der Waals surface area contributed by atoms with Crippen molar-refractivity contribution in [3.8, 4) is 11.5 Å². The van der Waals surface area contributed by atoms with Gasteiger partial charge in [0, 0.05) is 37.5 Å². The summed E-state index contributed by atoms with van der Waals surface area (Å²) in [5, 5.41) is 22.6. The summed E-state index contributed by atoms with van der Waals surface area (Å²) in [5.74, 6) is -0.566. The number of aliphatic hydroxyl groups is 2. The summed E-state index contributed by atoms with van der Waals surface area (Å²) < 4.78 is 17.1. The number of unbranched alkanes of at least 4 members (excludes halogenated alkanes) is 1. The maximum atomic E-state index is 13.7. The number of aromatic nitrogens is 1. The number of benzene rings is 2. The molecule has 2 aliphatic rings. The number of carbonyl (C=O) groups is 1. The highest BCUT2D eigenvalue weighted by molar-refractivity contribution is 6.02. The number of methoxy groups -OCH3 is 2. The Morgan fingerprint density at radius 1 is 1.05 bits per heavy atom. The molecule has 5 rings (SSSR count). The molecule has 3 heterocycles. The minimum atomic E-state index is -1.33. The minimum Gasteiger partial charge on any atom is -0.496 e. The van der Waals surface area contributed by atoms with Crippen LogP contribution in [0.2, 0.25) is 0 Å². The molecule has 0 saturated carbocycles. The third-order valence-electron chi connectivity index (χ3n) is 7.37. The van der Waals surface area contributed by atoms with Gasteiger partial charge in [-0.15, -0.1) is 0 Å². The van der Waals surface area contributed by atoms with Gasteiger partial charge in [-0.25, -0.2) is 4.99 Å². The maximum absolute atomic E-state index is 13.7. The number of oxazole rings is 1. The molecule has 2 aliphatic heterocycles. The molecule has 1 fully saturated rings. The number of hydrogen-bond acceptors (Lipinski definition) is 9. The second kappa shape index (κ2) is 11.4. The quantitative estimate of drug-likeness (QED) is 0.444. The van der Waals surface area contributed by atoms with E-state index in [1.807, 2.05) is 29.2 Å². The number of rotatable bonds is 8.